The summed E-state index contributed by atoms with van der Waals surface area (Å²) in [7, 11) is 1.37. The lowest BCUT2D eigenvalue weighted by Crippen LogP contribution is -2.17. The largest absolute Gasteiger partial charge is 0.465 e. The maximum absolute atomic E-state index is 12.6. The van der Waals surface area contributed by atoms with Crippen molar-refractivity contribution in [1.82, 2.24) is 9.99 Å². The van der Waals surface area contributed by atoms with Gasteiger partial charge in [-0.2, -0.15) is 5.10 Å². The molecular formula is C29H23N3O3. The van der Waals surface area contributed by atoms with Crippen LogP contribution in [0.1, 0.15) is 31.8 Å². The van der Waals surface area contributed by atoms with E-state index < -0.39 is 0 Å². The van der Waals surface area contributed by atoms with E-state index in [1.807, 2.05) is 85.1 Å². The summed E-state index contributed by atoms with van der Waals surface area (Å²) >= 11 is 0. The molecular weight excluding hydrogens is 438 g/mol. The third kappa shape index (κ3) is 4.68. The minimum absolute atomic E-state index is 0.268. The molecule has 6 heteroatoms. The Balaban J connectivity index is 1.37. The van der Waals surface area contributed by atoms with Crippen LogP contribution < -0.4 is 5.43 Å². The highest BCUT2D eigenvalue weighted by molar-refractivity contribution is 6.01. The average molecular weight is 462 g/mol. The lowest BCUT2D eigenvalue weighted by molar-refractivity contribution is 0.0600. The molecule has 35 heavy (non-hydrogen) atoms. The minimum Gasteiger partial charge on any atom is -0.465 e. The van der Waals surface area contributed by atoms with Gasteiger partial charge in [0.1, 0.15) is 0 Å². The Bertz CT molecular complexity index is 1580. The van der Waals surface area contributed by atoms with Crippen molar-refractivity contribution >= 4 is 39.8 Å². The van der Waals surface area contributed by atoms with Crippen molar-refractivity contribution in [3.05, 3.63) is 119 Å². The Morgan fingerprint density at radius 2 is 1.69 bits per heavy atom. The van der Waals surface area contributed by atoms with Crippen molar-refractivity contribution in [2.45, 2.75) is 6.54 Å². The van der Waals surface area contributed by atoms with Gasteiger partial charge in [0, 0.05) is 34.8 Å². The van der Waals surface area contributed by atoms with Crippen molar-refractivity contribution in [3.8, 4) is 0 Å². The van der Waals surface area contributed by atoms with Gasteiger partial charge in [-0.25, -0.2) is 10.2 Å². The number of carbonyl (C=O) groups is 2. The van der Waals surface area contributed by atoms with Gasteiger partial charge in [-0.1, -0.05) is 60.7 Å². The molecule has 1 heterocycles. The number of hydrogen-bond acceptors (Lipinski definition) is 4. The molecule has 4 aromatic carbocycles. The first-order valence-corrected chi connectivity index (χ1v) is 11.2. The first-order chi connectivity index (χ1) is 17.1. The quantitative estimate of drug-likeness (QED) is 0.209. The molecule has 0 unspecified atom stereocenters. The number of nitrogens with one attached hydrogen (secondary N) is 1. The predicted molar refractivity (Wildman–Crippen MR) is 138 cm³/mol. The van der Waals surface area contributed by atoms with E-state index in [9.17, 15) is 9.59 Å². The zero-order chi connectivity index (χ0) is 24.2. The molecule has 1 N–H and O–H groups in total. The standard InChI is InChI=1S/C29H23N3O3/c1-35-29(34)24-10-6-7-20(15-24)18-32-19-25(26-11-4-5-12-27(26)32)17-30-31-28(33)23-14-13-21-8-2-3-9-22(21)16-23/h2-17,19H,18H2,1H3,(H,31,33)/b30-17-. The Morgan fingerprint density at radius 3 is 2.54 bits per heavy atom. The molecule has 5 aromatic rings. The molecule has 172 valence electrons. The number of rotatable bonds is 6. The fourth-order valence-corrected chi connectivity index (χ4v) is 4.18. The summed E-state index contributed by atoms with van der Waals surface area (Å²) in [6.07, 6.45) is 3.64. The molecule has 1 amide bonds. The van der Waals surface area contributed by atoms with Crippen LogP contribution in [0.4, 0.5) is 0 Å². The van der Waals surface area contributed by atoms with Gasteiger partial charge in [0.2, 0.25) is 0 Å². The fourth-order valence-electron chi connectivity index (χ4n) is 4.18. The maximum Gasteiger partial charge on any atom is 0.337 e. The van der Waals surface area contributed by atoms with Gasteiger partial charge in [-0.05, 0) is 46.7 Å². The van der Waals surface area contributed by atoms with Gasteiger partial charge >= 0.3 is 5.97 Å². The van der Waals surface area contributed by atoms with Crippen LogP contribution in [0, 0.1) is 0 Å². The summed E-state index contributed by atoms with van der Waals surface area (Å²) in [5, 5.41) is 7.32. The second-order valence-corrected chi connectivity index (χ2v) is 8.18. The second-order valence-electron chi connectivity index (χ2n) is 8.18. The Morgan fingerprint density at radius 1 is 0.886 bits per heavy atom. The molecule has 0 bridgehead atoms. The summed E-state index contributed by atoms with van der Waals surface area (Å²) < 4.78 is 6.93. The van der Waals surface area contributed by atoms with E-state index in [0.717, 1.165) is 32.8 Å². The third-order valence-electron chi connectivity index (χ3n) is 5.90. The predicted octanol–water partition coefficient (Wildman–Crippen LogP) is 5.39. The van der Waals surface area contributed by atoms with Crippen LogP contribution in [0.15, 0.2) is 102 Å². The van der Waals surface area contributed by atoms with Gasteiger partial charge in [-0.3, -0.25) is 4.79 Å². The van der Waals surface area contributed by atoms with E-state index in [0.29, 0.717) is 17.7 Å². The Labute approximate surface area is 202 Å². The van der Waals surface area contributed by atoms with Crippen molar-refractivity contribution in [1.29, 1.82) is 0 Å². The SMILES string of the molecule is COC(=O)c1cccc(Cn2cc(/C=N\NC(=O)c3ccc4ccccc4c3)c3ccccc32)c1. The normalized spacial score (nSPS) is 11.2. The highest BCUT2D eigenvalue weighted by Gasteiger charge is 2.10. The van der Waals surface area contributed by atoms with Gasteiger partial charge in [0.25, 0.3) is 5.91 Å². The molecule has 0 saturated heterocycles. The Kier molecular flexibility index (Phi) is 6.09. The number of para-hydroxylation sites is 1. The number of carbonyl (C=O) groups excluding carboxylic acids is 2. The fraction of sp³-hybridized carbons (Fsp3) is 0.0690. The number of methoxy groups -OCH3 is 1. The summed E-state index contributed by atoms with van der Waals surface area (Å²) in [5.41, 5.74) is 6.57. The number of esters is 1. The van der Waals surface area contributed by atoms with Gasteiger partial charge < -0.3 is 9.30 Å². The topological polar surface area (TPSA) is 72.7 Å². The van der Waals surface area contributed by atoms with Crippen LogP contribution in [0.25, 0.3) is 21.7 Å². The van der Waals surface area contributed by atoms with Gasteiger partial charge in [-0.15, -0.1) is 0 Å². The molecule has 6 nitrogen and oxygen atoms in total. The lowest BCUT2D eigenvalue weighted by atomic mass is 10.1. The summed E-state index contributed by atoms with van der Waals surface area (Å²) in [4.78, 5) is 24.5. The van der Waals surface area contributed by atoms with Crippen molar-refractivity contribution < 1.29 is 14.3 Å². The van der Waals surface area contributed by atoms with Gasteiger partial charge in [0.05, 0.1) is 18.9 Å². The van der Waals surface area contributed by atoms with E-state index in [4.69, 9.17) is 4.74 Å². The number of nitrogens with zero attached hydrogens (tertiary/aromatic N) is 2. The second kappa shape index (κ2) is 9.65. The zero-order valence-electron chi connectivity index (χ0n) is 19.1. The third-order valence-corrected chi connectivity index (χ3v) is 5.90. The number of hydrazone groups is 1. The highest BCUT2D eigenvalue weighted by atomic mass is 16.5. The number of amides is 1. The van der Waals surface area contributed by atoms with Crippen molar-refractivity contribution in [2.75, 3.05) is 7.11 Å². The molecule has 0 aliphatic heterocycles. The zero-order valence-corrected chi connectivity index (χ0v) is 19.1. The number of benzene rings is 4. The minimum atomic E-state index is -0.362. The molecule has 0 radical (unpaired) electrons. The van der Waals surface area contributed by atoms with Gasteiger partial charge in [0.15, 0.2) is 0 Å². The van der Waals surface area contributed by atoms with Crippen molar-refractivity contribution in [2.24, 2.45) is 5.10 Å². The summed E-state index contributed by atoms with van der Waals surface area (Å²) in [6, 6.07) is 28.9. The average Bonchev–Trinajstić information content (AvgIpc) is 3.25. The van der Waals surface area contributed by atoms with E-state index in [2.05, 4.69) is 15.1 Å². The van der Waals surface area contributed by atoms with E-state index >= 15 is 0 Å². The molecule has 0 spiro atoms. The first-order valence-electron chi connectivity index (χ1n) is 11.2. The van der Waals surface area contributed by atoms with Crippen LogP contribution in [-0.2, 0) is 11.3 Å². The molecule has 5 rings (SSSR count). The van der Waals surface area contributed by atoms with Crippen LogP contribution >= 0.6 is 0 Å². The Hall–Kier alpha value is -4.71. The van der Waals surface area contributed by atoms with Crippen LogP contribution in [0.2, 0.25) is 0 Å². The number of ether oxygens (including phenoxy) is 1. The monoisotopic (exact) mass is 461 g/mol. The number of aromatic nitrogens is 1. The smallest absolute Gasteiger partial charge is 0.337 e. The lowest BCUT2D eigenvalue weighted by Gasteiger charge is -2.07. The van der Waals surface area contributed by atoms with Crippen LogP contribution in [0.5, 0.6) is 0 Å². The molecule has 1 aromatic heterocycles. The van der Waals surface area contributed by atoms with E-state index in [1.165, 1.54) is 7.11 Å². The molecule has 0 atom stereocenters. The molecule has 0 fully saturated rings. The number of hydrogen-bond donors (Lipinski definition) is 1. The molecule has 0 aliphatic carbocycles. The highest BCUT2D eigenvalue weighted by Crippen LogP contribution is 2.22. The van der Waals surface area contributed by atoms with E-state index in [1.54, 1.807) is 18.3 Å². The van der Waals surface area contributed by atoms with Crippen LogP contribution in [0.3, 0.4) is 0 Å². The maximum atomic E-state index is 12.6. The summed E-state index contributed by atoms with van der Waals surface area (Å²) in [6.45, 7) is 0.572. The summed E-state index contributed by atoms with van der Waals surface area (Å²) in [5.74, 6) is -0.630. The van der Waals surface area contributed by atoms with Crippen molar-refractivity contribution in [3.63, 3.8) is 0 Å². The molecule has 0 saturated carbocycles. The van der Waals surface area contributed by atoms with E-state index in [-0.39, 0.29) is 11.9 Å². The van der Waals surface area contributed by atoms with Crippen LogP contribution in [-0.4, -0.2) is 29.8 Å². The molecule has 0 aliphatic rings. The number of fused-ring (bicyclic) bond motifs is 2. The first kappa shape index (κ1) is 22.1.